The van der Waals surface area contributed by atoms with Gasteiger partial charge in [0.1, 0.15) is 0 Å². The Labute approximate surface area is 141 Å². The summed E-state index contributed by atoms with van der Waals surface area (Å²) in [4.78, 5) is 16.7. The summed E-state index contributed by atoms with van der Waals surface area (Å²) in [7, 11) is 0. The first-order valence-corrected chi connectivity index (χ1v) is 8.25. The third-order valence-corrected chi connectivity index (χ3v) is 4.57. The molecule has 0 bridgehead atoms. The Morgan fingerprint density at radius 1 is 1.54 bits per heavy atom. The Balaban J connectivity index is 1.73. The fraction of sp³-hybridized carbons (Fsp3) is 0.444. The lowest BCUT2D eigenvalue weighted by molar-refractivity contribution is 0.0917. The molecular weight excluding hydrogens is 306 g/mol. The largest absolute Gasteiger partial charge is 0.396 e. The second-order valence-corrected chi connectivity index (χ2v) is 6.27. The highest BCUT2D eigenvalue weighted by molar-refractivity contribution is 5.98. The predicted octanol–water partition coefficient (Wildman–Crippen LogP) is 1.56. The smallest absolute Gasteiger partial charge is 0.253 e. The minimum atomic E-state index is -0.139. The molecule has 3 rings (SSSR count). The number of carbonyl (C=O) groups excluding carboxylic acids is 1. The van der Waals surface area contributed by atoms with Gasteiger partial charge in [0.25, 0.3) is 5.91 Å². The van der Waals surface area contributed by atoms with Crippen molar-refractivity contribution >= 4 is 5.91 Å². The van der Waals surface area contributed by atoms with Crippen LogP contribution in [-0.2, 0) is 4.74 Å². The molecule has 6 heteroatoms. The summed E-state index contributed by atoms with van der Waals surface area (Å²) >= 11 is 0. The maximum atomic E-state index is 12.7. The molecule has 1 aliphatic heterocycles. The number of aliphatic hydroxyl groups is 1. The Hall–Kier alpha value is -2.18. The SMILES string of the molecule is Cc1ccc(-n2ccnc2)c(C(=O)NC[C@H](CO)[C@@H]2CCOC2)c1. The van der Waals surface area contributed by atoms with Crippen LogP contribution in [0, 0.1) is 18.8 Å². The lowest BCUT2D eigenvalue weighted by Crippen LogP contribution is -2.35. The van der Waals surface area contributed by atoms with Gasteiger partial charge in [-0.3, -0.25) is 4.79 Å². The Kier molecular flexibility index (Phi) is 5.27. The Morgan fingerprint density at radius 2 is 2.42 bits per heavy atom. The average Bonchev–Trinajstić information content (AvgIpc) is 3.29. The summed E-state index contributed by atoms with van der Waals surface area (Å²) in [5.41, 5.74) is 2.42. The molecule has 24 heavy (non-hydrogen) atoms. The Morgan fingerprint density at radius 3 is 3.08 bits per heavy atom. The molecule has 1 aromatic heterocycles. The van der Waals surface area contributed by atoms with Crippen LogP contribution in [0.15, 0.2) is 36.9 Å². The minimum absolute atomic E-state index is 0.0259. The van der Waals surface area contributed by atoms with Gasteiger partial charge in [-0.2, -0.15) is 0 Å². The highest BCUT2D eigenvalue weighted by Gasteiger charge is 2.26. The zero-order valence-electron chi connectivity index (χ0n) is 13.8. The summed E-state index contributed by atoms with van der Waals surface area (Å²) in [5.74, 6) is 0.193. The second-order valence-electron chi connectivity index (χ2n) is 6.27. The third-order valence-electron chi connectivity index (χ3n) is 4.57. The molecule has 1 fully saturated rings. The highest BCUT2D eigenvalue weighted by Crippen LogP contribution is 2.22. The predicted molar refractivity (Wildman–Crippen MR) is 90.1 cm³/mol. The number of amides is 1. The fourth-order valence-corrected chi connectivity index (χ4v) is 3.08. The standard InChI is InChI=1S/C18H23N3O3/c1-13-2-3-17(21-6-5-19-12-21)16(8-13)18(23)20-9-15(10-22)14-4-7-24-11-14/h2-3,5-6,8,12,14-15,22H,4,7,9-11H2,1H3,(H,20,23)/t14-,15-/m1/s1. The number of nitrogens with one attached hydrogen (secondary N) is 1. The molecule has 1 saturated heterocycles. The lowest BCUT2D eigenvalue weighted by atomic mass is 9.92. The molecule has 0 unspecified atom stereocenters. The van der Waals surface area contributed by atoms with Gasteiger partial charge in [0.15, 0.2) is 0 Å². The number of hydrogen-bond donors (Lipinski definition) is 2. The number of nitrogens with zero attached hydrogens (tertiary/aromatic N) is 2. The number of imidazole rings is 1. The van der Waals surface area contributed by atoms with Gasteiger partial charge in [0.05, 0.1) is 17.6 Å². The van der Waals surface area contributed by atoms with E-state index in [1.807, 2.05) is 35.9 Å². The first kappa shape index (κ1) is 16.7. The second kappa shape index (κ2) is 7.59. The molecule has 2 atom stereocenters. The van der Waals surface area contributed by atoms with E-state index in [1.54, 1.807) is 12.5 Å². The molecule has 1 aromatic carbocycles. The van der Waals surface area contributed by atoms with Crippen molar-refractivity contribution in [3.63, 3.8) is 0 Å². The van der Waals surface area contributed by atoms with E-state index in [0.29, 0.717) is 24.6 Å². The van der Waals surface area contributed by atoms with Crippen molar-refractivity contribution < 1.29 is 14.6 Å². The van der Waals surface area contributed by atoms with Crippen molar-refractivity contribution in [3.8, 4) is 5.69 Å². The van der Waals surface area contributed by atoms with Crippen molar-refractivity contribution in [1.82, 2.24) is 14.9 Å². The van der Waals surface area contributed by atoms with Crippen molar-refractivity contribution in [3.05, 3.63) is 48.0 Å². The maximum absolute atomic E-state index is 12.7. The van der Waals surface area contributed by atoms with E-state index in [4.69, 9.17) is 4.74 Å². The van der Waals surface area contributed by atoms with Crippen molar-refractivity contribution in [1.29, 1.82) is 0 Å². The van der Waals surface area contributed by atoms with Crippen LogP contribution in [0.2, 0.25) is 0 Å². The summed E-state index contributed by atoms with van der Waals surface area (Å²) in [6.07, 6.45) is 6.11. The fourth-order valence-electron chi connectivity index (χ4n) is 3.08. The molecule has 1 amide bonds. The van der Waals surface area contributed by atoms with Gasteiger partial charge >= 0.3 is 0 Å². The van der Waals surface area contributed by atoms with Gasteiger partial charge in [-0.25, -0.2) is 4.98 Å². The van der Waals surface area contributed by atoms with Gasteiger partial charge in [-0.15, -0.1) is 0 Å². The molecule has 2 N–H and O–H groups in total. The number of carbonyl (C=O) groups is 1. The monoisotopic (exact) mass is 329 g/mol. The first-order chi connectivity index (χ1) is 11.7. The summed E-state index contributed by atoms with van der Waals surface area (Å²) in [6, 6.07) is 5.76. The molecule has 1 aliphatic rings. The zero-order valence-corrected chi connectivity index (χ0v) is 13.8. The van der Waals surface area contributed by atoms with Crippen LogP contribution in [0.1, 0.15) is 22.3 Å². The molecule has 6 nitrogen and oxygen atoms in total. The van der Waals surface area contributed by atoms with Crippen LogP contribution in [0.25, 0.3) is 5.69 Å². The van der Waals surface area contributed by atoms with Gasteiger partial charge < -0.3 is 19.7 Å². The molecule has 0 aliphatic carbocycles. The average molecular weight is 329 g/mol. The van der Waals surface area contributed by atoms with Crippen LogP contribution >= 0.6 is 0 Å². The van der Waals surface area contributed by atoms with Crippen molar-refractivity contribution in [2.24, 2.45) is 11.8 Å². The summed E-state index contributed by atoms with van der Waals surface area (Å²) in [6.45, 7) is 3.85. The van der Waals surface area contributed by atoms with E-state index in [0.717, 1.165) is 24.3 Å². The first-order valence-electron chi connectivity index (χ1n) is 8.25. The van der Waals surface area contributed by atoms with Crippen LogP contribution in [0.3, 0.4) is 0 Å². The van der Waals surface area contributed by atoms with Gasteiger partial charge in [-0.1, -0.05) is 11.6 Å². The van der Waals surface area contributed by atoms with Gasteiger partial charge in [0.2, 0.25) is 0 Å². The van der Waals surface area contributed by atoms with E-state index in [9.17, 15) is 9.90 Å². The molecule has 2 aromatic rings. The number of ether oxygens (including phenoxy) is 1. The highest BCUT2D eigenvalue weighted by atomic mass is 16.5. The van der Waals surface area contributed by atoms with Crippen LogP contribution in [-0.4, -0.2) is 46.9 Å². The summed E-state index contributed by atoms with van der Waals surface area (Å²) in [5, 5.41) is 12.6. The maximum Gasteiger partial charge on any atom is 0.253 e. The quantitative estimate of drug-likeness (QED) is 0.843. The Bertz CT molecular complexity index is 679. The minimum Gasteiger partial charge on any atom is -0.396 e. The molecule has 0 spiro atoms. The van der Waals surface area contributed by atoms with Crippen molar-refractivity contribution in [2.45, 2.75) is 13.3 Å². The number of hydrogen-bond acceptors (Lipinski definition) is 4. The van der Waals surface area contributed by atoms with Crippen molar-refractivity contribution in [2.75, 3.05) is 26.4 Å². The third kappa shape index (κ3) is 3.66. The van der Waals surface area contributed by atoms with E-state index >= 15 is 0 Å². The van der Waals surface area contributed by atoms with E-state index in [-0.39, 0.29) is 18.4 Å². The summed E-state index contributed by atoms with van der Waals surface area (Å²) < 4.78 is 7.20. The number of aliphatic hydroxyl groups excluding tert-OH is 1. The molecule has 0 saturated carbocycles. The molecule has 0 radical (unpaired) electrons. The molecule has 2 heterocycles. The topological polar surface area (TPSA) is 76.4 Å². The van der Waals surface area contributed by atoms with Crippen LogP contribution < -0.4 is 5.32 Å². The van der Waals surface area contributed by atoms with E-state index in [2.05, 4.69) is 10.3 Å². The number of aromatic nitrogens is 2. The molecular formula is C18H23N3O3. The number of rotatable bonds is 6. The van der Waals surface area contributed by atoms with Gasteiger partial charge in [-0.05, 0) is 31.4 Å². The number of aryl methyl sites for hydroxylation is 1. The normalized spacial score (nSPS) is 18.5. The van der Waals surface area contributed by atoms with Crippen LogP contribution in [0.5, 0.6) is 0 Å². The lowest BCUT2D eigenvalue weighted by Gasteiger charge is -2.21. The van der Waals surface area contributed by atoms with Crippen LogP contribution in [0.4, 0.5) is 0 Å². The number of benzene rings is 1. The van der Waals surface area contributed by atoms with E-state index < -0.39 is 0 Å². The zero-order chi connectivity index (χ0) is 16.9. The molecule has 128 valence electrons. The van der Waals surface area contributed by atoms with E-state index in [1.165, 1.54) is 0 Å². The van der Waals surface area contributed by atoms with Gasteiger partial charge in [0, 0.05) is 44.7 Å².